The summed E-state index contributed by atoms with van der Waals surface area (Å²) in [6, 6.07) is 10.1. The van der Waals surface area contributed by atoms with Crippen molar-refractivity contribution in [3.63, 3.8) is 0 Å². The lowest BCUT2D eigenvalue weighted by molar-refractivity contribution is -0.169. The van der Waals surface area contributed by atoms with E-state index in [0.29, 0.717) is 5.75 Å². The number of hydrogen-bond donors (Lipinski definition) is 1. The number of benzene rings is 1. The van der Waals surface area contributed by atoms with Crippen molar-refractivity contribution in [1.29, 1.82) is 5.26 Å². The van der Waals surface area contributed by atoms with Crippen molar-refractivity contribution in [1.82, 2.24) is 4.90 Å². The maximum absolute atomic E-state index is 12.1. The fourth-order valence-corrected chi connectivity index (χ4v) is 2.26. The van der Waals surface area contributed by atoms with E-state index in [9.17, 15) is 9.90 Å². The predicted molar refractivity (Wildman–Crippen MR) is 77.3 cm³/mol. The minimum absolute atomic E-state index is 0.00299. The lowest BCUT2D eigenvalue weighted by atomic mass is 9.89. The maximum atomic E-state index is 12.1. The molecule has 1 aromatic carbocycles. The van der Waals surface area contributed by atoms with E-state index in [1.165, 1.54) is 4.90 Å². The largest absolute Gasteiger partial charge is 0.478 e. The van der Waals surface area contributed by atoms with Gasteiger partial charge in [-0.1, -0.05) is 30.9 Å². The standard InChI is InChI=1S/C16H16N2O3/c1-3-9-18-13(14(19)11(2)10-17)15(16(18)20)21-12-7-5-4-6-8-12/h3-8,13-15,19H,1-2,9H2/t13-,14+,15+/m0/s1. The van der Waals surface area contributed by atoms with Crippen LogP contribution >= 0.6 is 0 Å². The molecular weight excluding hydrogens is 268 g/mol. The minimum Gasteiger partial charge on any atom is -0.478 e. The van der Waals surface area contributed by atoms with Crippen molar-refractivity contribution < 1.29 is 14.6 Å². The Labute approximate surface area is 123 Å². The van der Waals surface area contributed by atoms with Gasteiger partial charge in [-0.25, -0.2) is 0 Å². The molecule has 1 aliphatic heterocycles. The summed E-state index contributed by atoms with van der Waals surface area (Å²) < 4.78 is 5.63. The zero-order valence-electron chi connectivity index (χ0n) is 11.5. The second-order valence-electron chi connectivity index (χ2n) is 4.70. The number of likely N-dealkylation sites (tertiary alicyclic amines) is 1. The lowest BCUT2D eigenvalue weighted by Crippen LogP contribution is -2.71. The summed E-state index contributed by atoms with van der Waals surface area (Å²) in [7, 11) is 0. The molecule has 1 amide bonds. The quantitative estimate of drug-likeness (QED) is 0.485. The summed E-state index contributed by atoms with van der Waals surface area (Å²) in [4.78, 5) is 13.5. The van der Waals surface area contributed by atoms with Crippen LogP contribution < -0.4 is 4.74 Å². The van der Waals surface area contributed by atoms with E-state index in [1.54, 1.807) is 30.3 Å². The Morgan fingerprint density at radius 1 is 1.52 bits per heavy atom. The molecule has 1 aromatic rings. The molecule has 0 saturated carbocycles. The molecule has 1 heterocycles. The number of nitriles is 1. The summed E-state index contributed by atoms with van der Waals surface area (Å²) in [6.07, 6.45) is -0.417. The molecule has 0 unspecified atom stereocenters. The number of amides is 1. The molecule has 5 heteroatoms. The second kappa shape index (κ2) is 6.25. The molecule has 0 aromatic heterocycles. The molecule has 0 radical (unpaired) electrons. The topological polar surface area (TPSA) is 73.6 Å². The molecule has 0 bridgehead atoms. The van der Waals surface area contributed by atoms with Crippen LogP contribution in [-0.4, -0.2) is 40.7 Å². The van der Waals surface area contributed by atoms with Crippen LogP contribution in [0.15, 0.2) is 55.1 Å². The highest BCUT2D eigenvalue weighted by atomic mass is 16.5. The Bertz CT molecular complexity index is 591. The zero-order valence-corrected chi connectivity index (χ0v) is 11.5. The number of hydrogen-bond acceptors (Lipinski definition) is 4. The van der Waals surface area contributed by atoms with Crippen LogP contribution in [0.3, 0.4) is 0 Å². The molecule has 1 fully saturated rings. The van der Waals surface area contributed by atoms with Gasteiger partial charge in [0.2, 0.25) is 0 Å². The molecule has 0 aliphatic carbocycles. The van der Waals surface area contributed by atoms with Gasteiger partial charge in [-0.15, -0.1) is 6.58 Å². The highest BCUT2D eigenvalue weighted by Crippen LogP contribution is 2.29. The van der Waals surface area contributed by atoms with Crippen LogP contribution in [-0.2, 0) is 4.79 Å². The Morgan fingerprint density at radius 2 is 2.19 bits per heavy atom. The number of rotatable bonds is 6. The molecule has 5 nitrogen and oxygen atoms in total. The summed E-state index contributed by atoms with van der Waals surface area (Å²) in [5, 5.41) is 19.0. The van der Waals surface area contributed by atoms with Crippen molar-refractivity contribution in [2.45, 2.75) is 18.2 Å². The van der Waals surface area contributed by atoms with Gasteiger partial charge in [-0.2, -0.15) is 5.26 Å². The number of nitrogens with zero attached hydrogens (tertiary/aromatic N) is 2. The van der Waals surface area contributed by atoms with Crippen LogP contribution in [0.5, 0.6) is 5.75 Å². The first-order valence-corrected chi connectivity index (χ1v) is 6.50. The van der Waals surface area contributed by atoms with Gasteiger partial charge in [-0.05, 0) is 12.1 Å². The van der Waals surface area contributed by atoms with E-state index >= 15 is 0 Å². The molecule has 0 spiro atoms. The summed E-state index contributed by atoms with van der Waals surface area (Å²) in [6.45, 7) is 7.37. The van der Waals surface area contributed by atoms with E-state index in [0.717, 1.165) is 0 Å². The highest BCUT2D eigenvalue weighted by Gasteiger charge is 2.52. The van der Waals surface area contributed by atoms with E-state index in [1.807, 2.05) is 12.1 Å². The molecule has 2 rings (SSSR count). The first kappa shape index (κ1) is 14.8. The van der Waals surface area contributed by atoms with Crippen molar-refractivity contribution >= 4 is 5.91 Å². The van der Waals surface area contributed by atoms with Gasteiger partial charge >= 0.3 is 0 Å². The van der Waals surface area contributed by atoms with E-state index < -0.39 is 18.2 Å². The predicted octanol–water partition coefficient (Wildman–Crippen LogP) is 1.27. The van der Waals surface area contributed by atoms with E-state index in [-0.39, 0.29) is 18.0 Å². The maximum Gasteiger partial charge on any atom is 0.266 e. The fourth-order valence-electron chi connectivity index (χ4n) is 2.26. The highest BCUT2D eigenvalue weighted by molar-refractivity contribution is 5.89. The SMILES string of the molecule is C=CCN1C(=O)[C@H](Oc2ccccc2)[C@@H]1[C@H](O)C(=C)C#N. The number of β-lactam (4-membered cyclic amide) rings is 1. The third-order valence-electron chi connectivity index (χ3n) is 3.35. The summed E-state index contributed by atoms with van der Waals surface area (Å²) in [5.41, 5.74) is 0.00299. The van der Waals surface area contributed by atoms with Crippen molar-refractivity contribution in [2.24, 2.45) is 0 Å². The number of aliphatic hydroxyl groups excluding tert-OH is 1. The van der Waals surface area contributed by atoms with Gasteiger partial charge in [0.05, 0.1) is 11.6 Å². The fraction of sp³-hybridized carbons (Fsp3) is 0.250. The van der Waals surface area contributed by atoms with Crippen LogP contribution in [0.1, 0.15) is 0 Å². The summed E-state index contributed by atoms with van der Waals surface area (Å²) in [5.74, 6) is 0.294. The third kappa shape index (κ3) is 2.81. The average molecular weight is 284 g/mol. The van der Waals surface area contributed by atoms with Gasteiger partial charge in [0.15, 0.2) is 6.10 Å². The smallest absolute Gasteiger partial charge is 0.266 e. The Hall–Kier alpha value is -2.58. The molecule has 1 saturated heterocycles. The van der Waals surface area contributed by atoms with Gasteiger partial charge in [0.1, 0.15) is 17.9 Å². The number of aliphatic hydroxyl groups is 1. The number of carbonyl (C=O) groups is 1. The monoisotopic (exact) mass is 284 g/mol. The van der Waals surface area contributed by atoms with Gasteiger partial charge in [0.25, 0.3) is 5.91 Å². The third-order valence-corrected chi connectivity index (χ3v) is 3.35. The number of ether oxygens (including phenoxy) is 1. The van der Waals surface area contributed by atoms with Crippen LogP contribution in [0, 0.1) is 11.3 Å². The Kier molecular flexibility index (Phi) is 4.41. The molecule has 1 N–H and O–H groups in total. The average Bonchev–Trinajstić information content (AvgIpc) is 2.52. The molecule has 108 valence electrons. The van der Waals surface area contributed by atoms with E-state index in [4.69, 9.17) is 10.00 Å². The first-order valence-electron chi connectivity index (χ1n) is 6.50. The van der Waals surface area contributed by atoms with Crippen LogP contribution in [0.2, 0.25) is 0 Å². The van der Waals surface area contributed by atoms with Gasteiger partial charge in [0, 0.05) is 6.54 Å². The first-order chi connectivity index (χ1) is 10.1. The molecule has 21 heavy (non-hydrogen) atoms. The van der Waals surface area contributed by atoms with Crippen molar-refractivity contribution in [3.05, 3.63) is 55.1 Å². The van der Waals surface area contributed by atoms with Gasteiger partial charge < -0.3 is 14.7 Å². The van der Waals surface area contributed by atoms with Crippen LogP contribution in [0.25, 0.3) is 0 Å². The van der Waals surface area contributed by atoms with Crippen molar-refractivity contribution in [2.75, 3.05) is 6.54 Å². The van der Waals surface area contributed by atoms with Crippen molar-refractivity contribution in [3.8, 4) is 11.8 Å². The summed E-state index contributed by atoms with van der Waals surface area (Å²) >= 11 is 0. The Balaban J connectivity index is 2.19. The number of para-hydroxylation sites is 1. The van der Waals surface area contributed by atoms with E-state index in [2.05, 4.69) is 13.2 Å². The normalized spacial score (nSPS) is 21.9. The Morgan fingerprint density at radius 3 is 2.76 bits per heavy atom. The number of carbonyl (C=O) groups excluding carboxylic acids is 1. The van der Waals surface area contributed by atoms with Crippen LogP contribution in [0.4, 0.5) is 0 Å². The zero-order chi connectivity index (χ0) is 15.4. The molecule has 3 atom stereocenters. The minimum atomic E-state index is -1.15. The van der Waals surface area contributed by atoms with Gasteiger partial charge in [-0.3, -0.25) is 4.79 Å². The second-order valence-corrected chi connectivity index (χ2v) is 4.70. The molecule has 1 aliphatic rings. The lowest BCUT2D eigenvalue weighted by Gasteiger charge is -2.47. The molecular formula is C16H16N2O3.